The number of hydrogen-bond donors (Lipinski definition) is 0. The first-order valence-electron chi connectivity index (χ1n) is 7.99. The fraction of sp³-hybridized carbons (Fsp3) is 0.529. The molecule has 2 amide bonds. The van der Waals surface area contributed by atoms with Gasteiger partial charge in [0.15, 0.2) is 0 Å². The third-order valence-electron chi connectivity index (χ3n) is 4.69. The lowest BCUT2D eigenvalue weighted by molar-refractivity contribution is -0.136. The van der Waals surface area contributed by atoms with Gasteiger partial charge in [-0.3, -0.25) is 9.59 Å². The van der Waals surface area contributed by atoms with Gasteiger partial charge in [0.2, 0.25) is 5.91 Å². The van der Waals surface area contributed by atoms with Crippen molar-refractivity contribution in [3.05, 3.63) is 34.3 Å². The van der Waals surface area contributed by atoms with Crippen molar-refractivity contribution in [2.24, 2.45) is 5.92 Å². The minimum Gasteiger partial charge on any atom is -0.339 e. The molecule has 1 aromatic carbocycles. The molecular weight excluding hydrogens is 344 g/mol. The van der Waals surface area contributed by atoms with E-state index in [1.807, 2.05) is 34.1 Å². The lowest BCUT2D eigenvalue weighted by Crippen LogP contribution is -2.51. The topological polar surface area (TPSA) is 40.6 Å². The SMILES string of the molecule is O=C(c1ccccc1Br)N1CCN(C(=O)C2CCCC2)CC1. The van der Waals surface area contributed by atoms with E-state index < -0.39 is 0 Å². The summed E-state index contributed by atoms with van der Waals surface area (Å²) in [6, 6.07) is 7.49. The van der Waals surface area contributed by atoms with Crippen LogP contribution in [-0.2, 0) is 4.79 Å². The van der Waals surface area contributed by atoms with Crippen LogP contribution in [-0.4, -0.2) is 47.8 Å². The van der Waals surface area contributed by atoms with Crippen molar-refractivity contribution in [1.29, 1.82) is 0 Å². The molecular formula is C17H21BrN2O2. The standard InChI is InChI=1S/C17H21BrN2O2/c18-15-8-4-3-7-14(15)17(22)20-11-9-19(10-12-20)16(21)13-5-1-2-6-13/h3-4,7-8,13H,1-2,5-6,9-12H2. The highest BCUT2D eigenvalue weighted by Crippen LogP contribution is 2.27. The van der Waals surface area contributed by atoms with Crippen molar-refractivity contribution in [2.75, 3.05) is 26.2 Å². The molecule has 2 fully saturated rings. The molecule has 0 unspecified atom stereocenters. The van der Waals surface area contributed by atoms with Gasteiger partial charge in [-0.05, 0) is 40.9 Å². The fourth-order valence-electron chi connectivity index (χ4n) is 3.37. The molecule has 0 spiro atoms. The first-order valence-corrected chi connectivity index (χ1v) is 8.78. The van der Waals surface area contributed by atoms with Gasteiger partial charge in [0.1, 0.15) is 0 Å². The van der Waals surface area contributed by atoms with E-state index in [2.05, 4.69) is 15.9 Å². The average molecular weight is 365 g/mol. The second kappa shape index (κ2) is 6.82. The Bertz CT molecular complexity index is 562. The fourth-order valence-corrected chi connectivity index (χ4v) is 3.82. The molecule has 0 bridgehead atoms. The molecule has 0 N–H and O–H groups in total. The third-order valence-corrected chi connectivity index (χ3v) is 5.38. The smallest absolute Gasteiger partial charge is 0.255 e. The Balaban J connectivity index is 1.58. The van der Waals surface area contributed by atoms with Crippen LogP contribution in [0.4, 0.5) is 0 Å². The van der Waals surface area contributed by atoms with Crippen LogP contribution in [0.25, 0.3) is 0 Å². The van der Waals surface area contributed by atoms with Gasteiger partial charge in [0.25, 0.3) is 5.91 Å². The molecule has 0 aromatic heterocycles. The van der Waals surface area contributed by atoms with Crippen molar-refractivity contribution in [2.45, 2.75) is 25.7 Å². The molecule has 1 aliphatic heterocycles. The van der Waals surface area contributed by atoms with E-state index >= 15 is 0 Å². The van der Waals surface area contributed by atoms with Crippen LogP contribution in [0.15, 0.2) is 28.7 Å². The first kappa shape index (κ1) is 15.5. The maximum atomic E-state index is 12.5. The van der Waals surface area contributed by atoms with Crippen LogP contribution in [0, 0.1) is 5.92 Å². The van der Waals surface area contributed by atoms with Crippen LogP contribution in [0.2, 0.25) is 0 Å². The predicted molar refractivity (Wildman–Crippen MR) is 88.6 cm³/mol. The number of piperazine rings is 1. The van der Waals surface area contributed by atoms with Crippen molar-refractivity contribution in [3.8, 4) is 0 Å². The van der Waals surface area contributed by atoms with Crippen molar-refractivity contribution in [1.82, 2.24) is 9.80 Å². The highest BCUT2D eigenvalue weighted by atomic mass is 79.9. The largest absolute Gasteiger partial charge is 0.339 e. The van der Waals surface area contributed by atoms with Gasteiger partial charge in [-0.1, -0.05) is 25.0 Å². The summed E-state index contributed by atoms with van der Waals surface area (Å²) in [7, 11) is 0. The maximum absolute atomic E-state index is 12.5. The van der Waals surface area contributed by atoms with Gasteiger partial charge < -0.3 is 9.80 Å². The third kappa shape index (κ3) is 3.19. The van der Waals surface area contributed by atoms with Crippen LogP contribution >= 0.6 is 15.9 Å². The molecule has 22 heavy (non-hydrogen) atoms. The molecule has 1 heterocycles. The highest BCUT2D eigenvalue weighted by Gasteiger charge is 2.30. The van der Waals surface area contributed by atoms with E-state index in [0.29, 0.717) is 37.6 Å². The van der Waals surface area contributed by atoms with Crippen LogP contribution < -0.4 is 0 Å². The number of benzene rings is 1. The van der Waals surface area contributed by atoms with E-state index in [1.165, 1.54) is 12.8 Å². The number of nitrogens with zero attached hydrogens (tertiary/aromatic N) is 2. The van der Waals surface area contributed by atoms with E-state index in [4.69, 9.17) is 0 Å². The minimum absolute atomic E-state index is 0.0421. The van der Waals surface area contributed by atoms with E-state index in [9.17, 15) is 9.59 Å². The second-order valence-electron chi connectivity index (χ2n) is 6.08. The molecule has 3 rings (SSSR count). The van der Waals surface area contributed by atoms with E-state index in [1.54, 1.807) is 0 Å². The van der Waals surface area contributed by atoms with E-state index in [-0.39, 0.29) is 11.8 Å². The van der Waals surface area contributed by atoms with Gasteiger partial charge >= 0.3 is 0 Å². The first-order chi connectivity index (χ1) is 10.7. The molecule has 1 saturated heterocycles. The van der Waals surface area contributed by atoms with Crippen LogP contribution in [0.3, 0.4) is 0 Å². The summed E-state index contributed by atoms with van der Waals surface area (Å²) in [6.45, 7) is 2.56. The highest BCUT2D eigenvalue weighted by molar-refractivity contribution is 9.10. The van der Waals surface area contributed by atoms with Gasteiger partial charge in [-0.2, -0.15) is 0 Å². The van der Waals surface area contributed by atoms with Crippen molar-refractivity contribution >= 4 is 27.7 Å². The second-order valence-corrected chi connectivity index (χ2v) is 6.93. The number of rotatable bonds is 2. The molecule has 1 saturated carbocycles. The van der Waals surface area contributed by atoms with Crippen molar-refractivity contribution in [3.63, 3.8) is 0 Å². The number of carbonyl (C=O) groups is 2. The summed E-state index contributed by atoms with van der Waals surface area (Å²) >= 11 is 3.43. The molecule has 1 aromatic rings. The quantitative estimate of drug-likeness (QED) is 0.809. The molecule has 0 radical (unpaired) electrons. The summed E-state index contributed by atoms with van der Waals surface area (Å²) in [5, 5.41) is 0. The van der Waals surface area contributed by atoms with E-state index in [0.717, 1.165) is 17.3 Å². The van der Waals surface area contributed by atoms with Gasteiger partial charge in [0.05, 0.1) is 5.56 Å². The zero-order chi connectivity index (χ0) is 15.5. The molecule has 118 valence electrons. The van der Waals surface area contributed by atoms with Gasteiger partial charge in [-0.25, -0.2) is 0 Å². The molecule has 4 nitrogen and oxygen atoms in total. The predicted octanol–water partition coefficient (Wildman–Crippen LogP) is 2.92. The Morgan fingerprint density at radius 3 is 2.18 bits per heavy atom. The lowest BCUT2D eigenvalue weighted by atomic mass is 10.1. The minimum atomic E-state index is 0.0421. The Hall–Kier alpha value is -1.36. The molecule has 5 heteroatoms. The van der Waals surface area contributed by atoms with Crippen molar-refractivity contribution < 1.29 is 9.59 Å². The molecule has 2 aliphatic rings. The van der Waals surface area contributed by atoms with Gasteiger partial charge in [-0.15, -0.1) is 0 Å². The van der Waals surface area contributed by atoms with Crippen LogP contribution in [0.1, 0.15) is 36.0 Å². The zero-order valence-electron chi connectivity index (χ0n) is 12.6. The maximum Gasteiger partial charge on any atom is 0.255 e. The number of halogens is 1. The Morgan fingerprint density at radius 1 is 0.955 bits per heavy atom. The van der Waals surface area contributed by atoms with Crippen LogP contribution in [0.5, 0.6) is 0 Å². The molecule has 1 aliphatic carbocycles. The summed E-state index contributed by atoms with van der Waals surface area (Å²) in [5.74, 6) is 0.566. The number of hydrogen-bond acceptors (Lipinski definition) is 2. The Kier molecular flexibility index (Phi) is 4.81. The number of amides is 2. The monoisotopic (exact) mass is 364 g/mol. The Labute approximate surface area is 139 Å². The summed E-state index contributed by atoms with van der Waals surface area (Å²) < 4.78 is 0.824. The summed E-state index contributed by atoms with van der Waals surface area (Å²) in [5.41, 5.74) is 0.693. The molecule has 0 atom stereocenters. The summed E-state index contributed by atoms with van der Waals surface area (Å²) in [4.78, 5) is 28.8. The number of carbonyl (C=O) groups excluding carboxylic acids is 2. The van der Waals surface area contributed by atoms with Gasteiger partial charge in [0, 0.05) is 36.6 Å². The average Bonchev–Trinajstić information content (AvgIpc) is 3.09. The summed E-state index contributed by atoms with van der Waals surface area (Å²) in [6.07, 6.45) is 4.43. The normalized spacial score (nSPS) is 19.5. The zero-order valence-corrected chi connectivity index (χ0v) is 14.2. The Morgan fingerprint density at radius 2 is 1.55 bits per heavy atom. The lowest BCUT2D eigenvalue weighted by Gasteiger charge is -2.36.